The van der Waals surface area contributed by atoms with E-state index in [1.54, 1.807) is 17.0 Å². The van der Waals surface area contributed by atoms with Gasteiger partial charge in [-0.3, -0.25) is 0 Å². The van der Waals surface area contributed by atoms with E-state index < -0.39 is 0 Å². The molecular formula is C18H19N7. The van der Waals surface area contributed by atoms with Crippen molar-refractivity contribution in [2.24, 2.45) is 0 Å². The van der Waals surface area contributed by atoms with Crippen molar-refractivity contribution in [2.45, 2.75) is 13.0 Å². The summed E-state index contributed by atoms with van der Waals surface area (Å²) in [5.74, 6) is 1.59. The van der Waals surface area contributed by atoms with Crippen LogP contribution >= 0.6 is 0 Å². The molecule has 0 aliphatic rings. The van der Waals surface area contributed by atoms with Gasteiger partial charge in [-0.1, -0.05) is 30.3 Å². The lowest BCUT2D eigenvalue weighted by atomic mass is 10.1. The minimum atomic E-state index is 0.609. The van der Waals surface area contributed by atoms with Crippen LogP contribution in [-0.2, 0) is 6.54 Å². The maximum absolute atomic E-state index is 4.62. The van der Waals surface area contributed by atoms with Crippen LogP contribution in [0.1, 0.15) is 6.42 Å². The molecule has 0 N–H and O–H groups in total. The number of aryl methyl sites for hydroxylation is 1. The van der Waals surface area contributed by atoms with Crippen LogP contribution in [0.3, 0.4) is 0 Å². The largest absolute Gasteiger partial charge is 0.359 e. The van der Waals surface area contributed by atoms with Crippen LogP contribution in [0.5, 0.6) is 0 Å². The van der Waals surface area contributed by atoms with Crippen LogP contribution in [0.4, 0.5) is 5.82 Å². The van der Waals surface area contributed by atoms with Crippen molar-refractivity contribution in [1.82, 2.24) is 29.1 Å². The summed E-state index contributed by atoms with van der Waals surface area (Å²) in [4.78, 5) is 15.2. The highest BCUT2D eigenvalue weighted by Crippen LogP contribution is 2.23. The Hall–Kier alpha value is -3.22. The molecule has 25 heavy (non-hydrogen) atoms. The van der Waals surface area contributed by atoms with Gasteiger partial charge in [-0.05, 0) is 6.42 Å². The minimum absolute atomic E-state index is 0.609. The first-order valence-electron chi connectivity index (χ1n) is 8.24. The third-order valence-corrected chi connectivity index (χ3v) is 4.16. The Bertz CT molecular complexity index is 944. The molecule has 3 aromatic heterocycles. The fourth-order valence-electron chi connectivity index (χ4n) is 2.85. The van der Waals surface area contributed by atoms with Crippen molar-refractivity contribution in [3.63, 3.8) is 0 Å². The predicted octanol–water partition coefficient (Wildman–Crippen LogP) is 2.51. The predicted molar refractivity (Wildman–Crippen MR) is 96.3 cm³/mol. The summed E-state index contributed by atoms with van der Waals surface area (Å²) in [7, 11) is 2.07. The van der Waals surface area contributed by atoms with E-state index in [0.29, 0.717) is 5.78 Å². The Morgan fingerprint density at radius 2 is 2.04 bits per heavy atom. The van der Waals surface area contributed by atoms with Crippen LogP contribution in [0.2, 0.25) is 0 Å². The monoisotopic (exact) mass is 333 g/mol. The molecule has 0 radical (unpaired) electrons. The van der Waals surface area contributed by atoms with Gasteiger partial charge in [-0.15, -0.1) is 0 Å². The van der Waals surface area contributed by atoms with Crippen LogP contribution in [0.25, 0.3) is 17.0 Å². The van der Waals surface area contributed by atoms with Gasteiger partial charge in [0.25, 0.3) is 5.78 Å². The van der Waals surface area contributed by atoms with Crippen LogP contribution in [-0.4, -0.2) is 42.7 Å². The SMILES string of the molecule is CN(CCCn1ccnc1)c1cc(-c2ccccc2)nc2ncnn12. The molecule has 0 spiro atoms. The number of benzene rings is 1. The average molecular weight is 333 g/mol. The third-order valence-electron chi connectivity index (χ3n) is 4.16. The fourth-order valence-corrected chi connectivity index (χ4v) is 2.85. The standard InChI is InChI=1S/C18H19N7/c1-23(9-5-10-24-11-8-19-14-24)17-12-16(15-6-3-2-4-7-15)22-18-20-13-21-25(17)18/h2-4,6-8,11-14H,5,9-10H2,1H3. The molecule has 7 nitrogen and oxygen atoms in total. The number of aromatic nitrogens is 6. The van der Waals surface area contributed by atoms with Crippen LogP contribution in [0.15, 0.2) is 61.4 Å². The van der Waals surface area contributed by atoms with E-state index in [1.807, 2.05) is 30.7 Å². The Balaban J connectivity index is 1.60. The van der Waals surface area contributed by atoms with Crippen molar-refractivity contribution in [3.05, 3.63) is 61.4 Å². The average Bonchev–Trinajstić information content (AvgIpc) is 3.33. The second-order valence-electron chi connectivity index (χ2n) is 5.91. The van der Waals surface area contributed by atoms with Gasteiger partial charge in [0.05, 0.1) is 12.0 Å². The van der Waals surface area contributed by atoms with Crippen LogP contribution in [0, 0.1) is 0 Å². The summed E-state index contributed by atoms with van der Waals surface area (Å²) in [5, 5.41) is 4.32. The van der Waals surface area contributed by atoms with E-state index in [9.17, 15) is 0 Å². The second-order valence-corrected chi connectivity index (χ2v) is 5.91. The zero-order chi connectivity index (χ0) is 17.1. The van der Waals surface area contributed by atoms with Gasteiger partial charge >= 0.3 is 0 Å². The lowest BCUT2D eigenvalue weighted by molar-refractivity contribution is 0.633. The molecule has 0 aliphatic heterocycles. The Kier molecular flexibility index (Phi) is 4.12. The number of nitrogens with zero attached hydrogens (tertiary/aromatic N) is 7. The van der Waals surface area contributed by atoms with E-state index in [2.05, 4.69) is 54.8 Å². The van der Waals surface area contributed by atoms with E-state index >= 15 is 0 Å². The number of hydrogen-bond donors (Lipinski definition) is 0. The molecule has 4 aromatic rings. The Morgan fingerprint density at radius 1 is 1.16 bits per heavy atom. The zero-order valence-electron chi connectivity index (χ0n) is 14.0. The topological polar surface area (TPSA) is 64.1 Å². The van der Waals surface area contributed by atoms with Gasteiger partial charge in [0.2, 0.25) is 0 Å². The fraction of sp³-hybridized carbons (Fsp3) is 0.222. The summed E-state index contributed by atoms with van der Waals surface area (Å²) in [6.45, 7) is 1.83. The number of hydrogen-bond acceptors (Lipinski definition) is 5. The summed E-state index contributed by atoms with van der Waals surface area (Å²) >= 11 is 0. The van der Waals surface area contributed by atoms with Gasteiger partial charge in [-0.25, -0.2) is 9.97 Å². The highest BCUT2D eigenvalue weighted by Gasteiger charge is 2.12. The summed E-state index contributed by atoms with van der Waals surface area (Å²) in [5.41, 5.74) is 1.97. The van der Waals surface area contributed by atoms with E-state index in [4.69, 9.17) is 0 Å². The highest BCUT2D eigenvalue weighted by atomic mass is 15.4. The normalized spacial score (nSPS) is 11.1. The van der Waals surface area contributed by atoms with E-state index in [0.717, 1.165) is 36.6 Å². The molecule has 0 bridgehead atoms. The third kappa shape index (κ3) is 3.21. The Morgan fingerprint density at radius 3 is 2.84 bits per heavy atom. The second kappa shape index (κ2) is 6.72. The maximum Gasteiger partial charge on any atom is 0.254 e. The molecular weight excluding hydrogens is 314 g/mol. The van der Waals surface area contributed by atoms with Gasteiger partial charge in [0.1, 0.15) is 12.1 Å². The molecule has 0 amide bonds. The lowest BCUT2D eigenvalue weighted by Crippen LogP contribution is -2.23. The molecule has 0 fully saturated rings. The van der Waals surface area contributed by atoms with Crippen LogP contribution < -0.4 is 4.90 Å². The quantitative estimate of drug-likeness (QED) is 0.542. The van der Waals surface area contributed by atoms with Gasteiger partial charge in [-0.2, -0.15) is 14.6 Å². The van der Waals surface area contributed by atoms with Gasteiger partial charge in [0, 0.05) is 44.2 Å². The number of fused-ring (bicyclic) bond motifs is 1. The molecule has 4 rings (SSSR count). The van der Waals surface area contributed by atoms with Crippen molar-refractivity contribution in [1.29, 1.82) is 0 Å². The maximum atomic E-state index is 4.62. The number of imidazole rings is 1. The highest BCUT2D eigenvalue weighted by molar-refractivity contribution is 5.65. The molecule has 0 saturated heterocycles. The van der Waals surface area contributed by atoms with E-state index in [-0.39, 0.29) is 0 Å². The molecule has 0 aliphatic carbocycles. The first kappa shape index (κ1) is 15.3. The van der Waals surface area contributed by atoms with Crippen molar-refractivity contribution < 1.29 is 0 Å². The number of anilines is 1. The molecule has 0 unspecified atom stereocenters. The van der Waals surface area contributed by atoms with Crippen molar-refractivity contribution in [2.75, 3.05) is 18.5 Å². The van der Waals surface area contributed by atoms with Gasteiger partial charge in [0.15, 0.2) is 0 Å². The first-order valence-corrected chi connectivity index (χ1v) is 8.24. The molecule has 126 valence electrons. The molecule has 7 heteroatoms. The van der Waals surface area contributed by atoms with Crippen molar-refractivity contribution in [3.8, 4) is 11.3 Å². The summed E-state index contributed by atoms with van der Waals surface area (Å²) < 4.78 is 3.87. The molecule has 3 heterocycles. The number of rotatable bonds is 6. The van der Waals surface area contributed by atoms with Crippen molar-refractivity contribution >= 4 is 11.6 Å². The lowest BCUT2D eigenvalue weighted by Gasteiger charge is -2.20. The summed E-state index contributed by atoms with van der Waals surface area (Å²) in [6, 6.07) is 12.2. The van der Waals surface area contributed by atoms with E-state index in [1.165, 1.54) is 0 Å². The molecule has 0 saturated carbocycles. The smallest absolute Gasteiger partial charge is 0.254 e. The first-order chi connectivity index (χ1) is 12.3. The molecule has 1 aromatic carbocycles. The minimum Gasteiger partial charge on any atom is -0.359 e. The summed E-state index contributed by atoms with van der Waals surface area (Å²) in [6.07, 6.45) is 8.18. The molecule has 0 atom stereocenters. The zero-order valence-corrected chi connectivity index (χ0v) is 14.0. The Labute approximate surface area is 145 Å². The van der Waals surface area contributed by atoms with Gasteiger partial charge < -0.3 is 9.47 Å².